The third-order valence-corrected chi connectivity index (χ3v) is 7.25. The molecular formula is C29H29ClN6O. The summed E-state index contributed by atoms with van der Waals surface area (Å²) in [6, 6.07) is 14.5. The predicted octanol–water partition coefficient (Wildman–Crippen LogP) is 6.60. The third kappa shape index (κ3) is 4.48. The highest BCUT2D eigenvalue weighted by Crippen LogP contribution is 2.36. The molecule has 1 fully saturated rings. The highest BCUT2D eigenvalue weighted by molar-refractivity contribution is 6.31. The molecule has 4 heterocycles. The predicted molar refractivity (Wildman–Crippen MR) is 147 cm³/mol. The number of carbonyl (C=O) groups excluding carboxylic acids is 1. The van der Waals surface area contributed by atoms with Gasteiger partial charge in [-0.2, -0.15) is 9.61 Å². The molecule has 5 aromatic rings. The molecule has 0 spiro atoms. The lowest BCUT2D eigenvalue weighted by Crippen LogP contribution is -2.20. The van der Waals surface area contributed by atoms with Crippen LogP contribution in [0, 0.1) is 5.92 Å². The van der Waals surface area contributed by atoms with Crippen LogP contribution in [0.15, 0.2) is 61.1 Å². The van der Waals surface area contributed by atoms with Gasteiger partial charge in [-0.05, 0) is 44.2 Å². The standard InChI is InChI=1S/C29H29ClN6O/c1-18(2)35-17-24(22-12-21(30)14-31-28(22)35)25-13-27(34(3)16-20-7-5-4-6-8-20)36-29(33-25)23(15-32-36)26(37)11-19-9-10-19/h4-8,12-15,17-19H,9-11,16H2,1-3H3. The minimum Gasteiger partial charge on any atom is -0.355 e. The first-order chi connectivity index (χ1) is 17.9. The Balaban J connectivity index is 1.54. The Hall–Kier alpha value is -3.71. The van der Waals surface area contributed by atoms with Gasteiger partial charge < -0.3 is 9.47 Å². The van der Waals surface area contributed by atoms with Gasteiger partial charge in [0.2, 0.25) is 0 Å². The fourth-order valence-corrected chi connectivity index (χ4v) is 5.05. The molecule has 7 nitrogen and oxygen atoms in total. The number of pyridine rings is 1. The summed E-state index contributed by atoms with van der Waals surface area (Å²) in [5.74, 6) is 1.45. The highest BCUT2D eigenvalue weighted by Gasteiger charge is 2.28. The van der Waals surface area contributed by atoms with Crippen molar-refractivity contribution in [3.63, 3.8) is 0 Å². The zero-order valence-corrected chi connectivity index (χ0v) is 22.0. The van der Waals surface area contributed by atoms with Crippen LogP contribution in [0.2, 0.25) is 5.02 Å². The van der Waals surface area contributed by atoms with Gasteiger partial charge in [0.1, 0.15) is 11.5 Å². The molecule has 0 N–H and O–H groups in total. The van der Waals surface area contributed by atoms with Gasteiger partial charge in [-0.25, -0.2) is 9.97 Å². The summed E-state index contributed by atoms with van der Waals surface area (Å²) in [5.41, 5.74) is 4.88. The maximum atomic E-state index is 13.2. The van der Waals surface area contributed by atoms with Crippen LogP contribution >= 0.6 is 11.6 Å². The molecule has 1 aromatic carbocycles. The summed E-state index contributed by atoms with van der Waals surface area (Å²) in [6.07, 6.45) is 8.23. The van der Waals surface area contributed by atoms with Gasteiger partial charge >= 0.3 is 0 Å². The molecule has 0 bridgehead atoms. The summed E-state index contributed by atoms with van der Waals surface area (Å²) in [4.78, 5) is 25.0. The van der Waals surface area contributed by atoms with Crippen molar-refractivity contribution in [2.75, 3.05) is 11.9 Å². The van der Waals surface area contributed by atoms with Crippen molar-refractivity contribution in [3.05, 3.63) is 77.2 Å². The Morgan fingerprint density at radius 3 is 2.65 bits per heavy atom. The van der Waals surface area contributed by atoms with E-state index in [4.69, 9.17) is 16.6 Å². The zero-order valence-electron chi connectivity index (χ0n) is 21.2. The van der Waals surface area contributed by atoms with Crippen LogP contribution in [0.4, 0.5) is 5.82 Å². The Labute approximate surface area is 220 Å². The summed E-state index contributed by atoms with van der Waals surface area (Å²) in [6.45, 7) is 4.94. The molecule has 0 amide bonds. The molecule has 0 aliphatic heterocycles. The molecule has 8 heteroatoms. The van der Waals surface area contributed by atoms with Gasteiger partial charge in [0.25, 0.3) is 0 Å². The van der Waals surface area contributed by atoms with Crippen LogP contribution < -0.4 is 4.90 Å². The number of Topliss-reactive ketones (excluding diaryl/α,β-unsaturated/α-hetero) is 1. The first-order valence-electron chi connectivity index (χ1n) is 12.7. The van der Waals surface area contributed by atoms with E-state index >= 15 is 0 Å². The first kappa shape index (κ1) is 23.7. The monoisotopic (exact) mass is 512 g/mol. The molecule has 1 saturated carbocycles. The summed E-state index contributed by atoms with van der Waals surface area (Å²) >= 11 is 6.38. The quantitative estimate of drug-likeness (QED) is 0.219. The van der Waals surface area contributed by atoms with Crippen molar-refractivity contribution in [2.24, 2.45) is 5.92 Å². The molecule has 1 aliphatic rings. The van der Waals surface area contributed by atoms with Crippen LogP contribution in [-0.2, 0) is 6.54 Å². The molecule has 1 aliphatic carbocycles. The minimum absolute atomic E-state index is 0.105. The van der Waals surface area contributed by atoms with E-state index in [0.29, 0.717) is 35.1 Å². The number of halogens is 1. The van der Waals surface area contributed by atoms with Crippen molar-refractivity contribution in [2.45, 2.75) is 45.7 Å². The maximum Gasteiger partial charge on any atom is 0.168 e. The second kappa shape index (κ2) is 9.30. The van der Waals surface area contributed by atoms with Crippen LogP contribution in [0.3, 0.4) is 0 Å². The molecule has 6 rings (SSSR count). The van der Waals surface area contributed by atoms with Gasteiger partial charge in [-0.15, -0.1) is 0 Å². The molecule has 4 aromatic heterocycles. The number of aromatic nitrogens is 5. The fraction of sp³-hybridized carbons (Fsp3) is 0.310. The van der Waals surface area contributed by atoms with Crippen molar-refractivity contribution < 1.29 is 4.79 Å². The van der Waals surface area contributed by atoms with Gasteiger partial charge in [0.15, 0.2) is 11.4 Å². The van der Waals surface area contributed by atoms with Crippen LogP contribution in [-0.4, -0.2) is 37.0 Å². The van der Waals surface area contributed by atoms with Crippen LogP contribution in [0.25, 0.3) is 27.9 Å². The van der Waals surface area contributed by atoms with E-state index in [1.165, 1.54) is 5.56 Å². The van der Waals surface area contributed by atoms with Crippen molar-refractivity contribution in [3.8, 4) is 11.3 Å². The SMILES string of the molecule is CC(C)n1cc(-c2cc(N(C)Cc3ccccc3)n3ncc(C(=O)CC4CC4)c3n2)c2cc(Cl)cnc21. The number of carbonyl (C=O) groups is 1. The minimum atomic E-state index is 0.105. The number of benzene rings is 1. The third-order valence-electron chi connectivity index (χ3n) is 7.05. The van der Waals surface area contributed by atoms with Crippen molar-refractivity contribution in [1.82, 2.24) is 24.1 Å². The Morgan fingerprint density at radius 2 is 1.92 bits per heavy atom. The zero-order chi connectivity index (χ0) is 25.7. The van der Waals surface area contributed by atoms with Gasteiger partial charge in [-0.1, -0.05) is 41.9 Å². The number of rotatable bonds is 8. The number of hydrogen-bond acceptors (Lipinski definition) is 5. The average Bonchev–Trinajstić information content (AvgIpc) is 3.45. The second-order valence-corrected chi connectivity index (χ2v) is 10.7. The average molecular weight is 513 g/mol. The van der Waals surface area contributed by atoms with E-state index in [-0.39, 0.29) is 11.8 Å². The summed E-state index contributed by atoms with van der Waals surface area (Å²) < 4.78 is 3.93. The number of ketones is 1. The maximum absolute atomic E-state index is 13.2. The van der Waals surface area contributed by atoms with Gasteiger partial charge in [0.05, 0.1) is 22.5 Å². The van der Waals surface area contributed by atoms with E-state index in [1.807, 2.05) is 37.4 Å². The van der Waals surface area contributed by atoms with E-state index in [9.17, 15) is 4.79 Å². The molecule has 0 atom stereocenters. The normalized spacial score (nSPS) is 13.6. The molecule has 0 unspecified atom stereocenters. The highest BCUT2D eigenvalue weighted by atomic mass is 35.5. The lowest BCUT2D eigenvalue weighted by Gasteiger charge is -2.21. The van der Waals surface area contributed by atoms with Gasteiger partial charge in [-0.3, -0.25) is 4.79 Å². The number of nitrogens with zero attached hydrogens (tertiary/aromatic N) is 6. The summed E-state index contributed by atoms with van der Waals surface area (Å²) in [5, 5.41) is 6.13. The largest absolute Gasteiger partial charge is 0.355 e. The number of anilines is 1. The van der Waals surface area contributed by atoms with Crippen LogP contribution in [0.5, 0.6) is 0 Å². The van der Waals surface area contributed by atoms with E-state index in [2.05, 4.69) is 51.7 Å². The first-order valence-corrected chi connectivity index (χ1v) is 13.1. The van der Waals surface area contributed by atoms with E-state index < -0.39 is 0 Å². The lowest BCUT2D eigenvalue weighted by atomic mass is 10.1. The van der Waals surface area contributed by atoms with Crippen molar-refractivity contribution >= 4 is 39.9 Å². The topological polar surface area (TPSA) is 68.3 Å². The number of fused-ring (bicyclic) bond motifs is 2. The smallest absolute Gasteiger partial charge is 0.168 e. The second-order valence-electron chi connectivity index (χ2n) is 10.3. The number of hydrogen-bond donors (Lipinski definition) is 0. The Morgan fingerprint density at radius 1 is 1.14 bits per heavy atom. The van der Waals surface area contributed by atoms with E-state index in [0.717, 1.165) is 41.0 Å². The Kier molecular flexibility index (Phi) is 5.95. The Bertz CT molecular complexity index is 1620. The molecule has 0 radical (unpaired) electrons. The molecule has 188 valence electrons. The lowest BCUT2D eigenvalue weighted by molar-refractivity contribution is 0.0977. The van der Waals surface area contributed by atoms with Crippen LogP contribution in [0.1, 0.15) is 55.1 Å². The molecule has 37 heavy (non-hydrogen) atoms. The molecule has 0 saturated heterocycles. The van der Waals surface area contributed by atoms with Gasteiger partial charge in [0, 0.05) is 55.5 Å². The summed E-state index contributed by atoms with van der Waals surface area (Å²) in [7, 11) is 2.04. The van der Waals surface area contributed by atoms with Crippen molar-refractivity contribution in [1.29, 1.82) is 0 Å². The van der Waals surface area contributed by atoms with E-state index in [1.54, 1.807) is 16.9 Å². The fourth-order valence-electron chi connectivity index (χ4n) is 4.89. The molecular weight excluding hydrogens is 484 g/mol.